The van der Waals surface area contributed by atoms with E-state index in [-0.39, 0.29) is 0 Å². The molecule has 1 atom stereocenters. The van der Waals surface area contributed by atoms with Crippen LogP contribution >= 0.6 is 0 Å². The lowest BCUT2D eigenvalue weighted by molar-refractivity contribution is 0.251. The summed E-state index contributed by atoms with van der Waals surface area (Å²) in [6, 6.07) is 1.34. The third kappa shape index (κ3) is 2.40. The van der Waals surface area contributed by atoms with Crippen LogP contribution in [0.4, 0.5) is 0 Å². The largest absolute Gasteiger partial charge is 0.465 e. The number of hydrogen-bond donors (Lipinski definition) is 1. The minimum Gasteiger partial charge on any atom is -0.465 e. The summed E-state index contributed by atoms with van der Waals surface area (Å²) >= 11 is 0. The van der Waals surface area contributed by atoms with E-state index in [0.717, 1.165) is 31.5 Å². The molecule has 0 bridgehead atoms. The highest BCUT2D eigenvalue weighted by molar-refractivity contribution is 5.74. The van der Waals surface area contributed by atoms with E-state index in [0.29, 0.717) is 12.0 Å². The summed E-state index contributed by atoms with van der Waals surface area (Å²) in [5.41, 5.74) is 0. The molecule has 0 saturated heterocycles. The van der Waals surface area contributed by atoms with Crippen molar-refractivity contribution in [1.82, 2.24) is 5.32 Å². The predicted octanol–water partition coefficient (Wildman–Crippen LogP) is 1.79. The number of nitrogens with one attached hydrogen (secondary N) is 1. The zero-order chi connectivity index (χ0) is 9.97. The maximum Gasteiger partial charge on any atom is 0.284 e. The molecule has 0 amide bonds. The lowest BCUT2D eigenvalue weighted by Gasteiger charge is -2.25. The standard InChI is InChI=1S/C11H20N2O/c1-8(2)10(9-4-5-9)13-11-12-6-3-7-14-11/h8-10H,3-7H2,1-2H3,(H,12,13). The van der Waals surface area contributed by atoms with Gasteiger partial charge in [-0.15, -0.1) is 0 Å². The number of nitrogens with zero attached hydrogens (tertiary/aromatic N) is 1. The topological polar surface area (TPSA) is 33.6 Å². The first-order chi connectivity index (χ1) is 6.77. The average Bonchev–Trinajstić information content (AvgIpc) is 2.99. The molecular formula is C11H20N2O. The van der Waals surface area contributed by atoms with Gasteiger partial charge in [-0.2, -0.15) is 0 Å². The number of amidine groups is 1. The molecule has 0 spiro atoms. The molecule has 0 aromatic heterocycles. The summed E-state index contributed by atoms with van der Waals surface area (Å²) in [6.45, 7) is 6.26. The van der Waals surface area contributed by atoms with Gasteiger partial charge in [0.15, 0.2) is 0 Å². The van der Waals surface area contributed by atoms with Gasteiger partial charge in [-0.3, -0.25) is 0 Å². The minimum absolute atomic E-state index is 0.562. The highest BCUT2D eigenvalue weighted by Gasteiger charge is 2.34. The van der Waals surface area contributed by atoms with Crippen molar-refractivity contribution >= 4 is 6.02 Å². The average molecular weight is 196 g/mol. The van der Waals surface area contributed by atoms with Crippen LogP contribution in [0.25, 0.3) is 0 Å². The Balaban J connectivity index is 1.89. The van der Waals surface area contributed by atoms with Gasteiger partial charge in [0.05, 0.1) is 6.61 Å². The minimum atomic E-state index is 0.562. The molecule has 0 aromatic carbocycles. The van der Waals surface area contributed by atoms with Crippen LogP contribution in [0, 0.1) is 11.8 Å². The molecule has 1 aliphatic heterocycles. The quantitative estimate of drug-likeness (QED) is 0.746. The summed E-state index contributed by atoms with van der Waals surface area (Å²) in [5.74, 6) is 1.51. The Morgan fingerprint density at radius 1 is 1.43 bits per heavy atom. The normalized spacial score (nSPS) is 24.1. The molecule has 1 unspecified atom stereocenters. The molecule has 1 fully saturated rings. The maximum absolute atomic E-state index is 5.48. The van der Waals surface area contributed by atoms with E-state index in [1.54, 1.807) is 0 Å². The van der Waals surface area contributed by atoms with E-state index in [4.69, 9.17) is 4.74 Å². The van der Waals surface area contributed by atoms with Crippen molar-refractivity contribution in [3.63, 3.8) is 0 Å². The van der Waals surface area contributed by atoms with Crippen LogP contribution in [0.5, 0.6) is 0 Å². The lowest BCUT2D eigenvalue weighted by atomic mass is 10.00. The van der Waals surface area contributed by atoms with Crippen molar-refractivity contribution in [2.24, 2.45) is 16.8 Å². The molecule has 2 aliphatic rings. The van der Waals surface area contributed by atoms with E-state index in [1.807, 2.05) is 0 Å². The van der Waals surface area contributed by atoms with Gasteiger partial charge in [-0.25, -0.2) is 4.99 Å². The van der Waals surface area contributed by atoms with Gasteiger partial charge in [0.2, 0.25) is 0 Å². The van der Waals surface area contributed by atoms with Crippen LogP contribution in [0.1, 0.15) is 33.1 Å². The highest BCUT2D eigenvalue weighted by atomic mass is 16.5. The molecular weight excluding hydrogens is 176 g/mol. The van der Waals surface area contributed by atoms with E-state index in [2.05, 4.69) is 24.2 Å². The van der Waals surface area contributed by atoms with Gasteiger partial charge in [-0.1, -0.05) is 13.8 Å². The third-order valence-corrected chi connectivity index (χ3v) is 2.93. The molecule has 1 heterocycles. The third-order valence-electron chi connectivity index (χ3n) is 2.93. The Morgan fingerprint density at radius 2 is 2.21 bits per heavy atom. The van der Waals surface area contributed by atoms with E-state index >= 15 is 0 Å². The second-order valence-corrected chi connectivity index (χ2v) is 4.64. The smallest absolute Gasteiger partial charge is 0.284 e. The maximum atomic E-state index is 5.48. The molecule has 0 aromatic rings. The van der Waals surface area contributed by atoms with Gasteiger partial charge in [0.25, 0.3) is 6.02 Å². The summed E-state index contributed by atoms with van der Waals surface area (Å²) < 4.78 is 5.48. The van der Waals surface area contributed by atoms with Crippen LogP contribution < -0.4 is 5.32 Å². The Hall–Kier alpha value is -0.730. The van der Waals surface area contributed by atoms with Gasteiger partial charge in [0.1, 0.15) is 0 Å². The summed E-state index contributed by atoms with van der Waals surface area (Å²) in [6.07, 6.45) is 3.78. The Morgan fingerprint density at radius 3 is 2.71 bits per heavy atom. The van der Waals surface area contributed by atoms with Gasteiger partial charge in [-0.05, 0) is 24.7 Å². The SMILES string of the molecule is CC(C)C(NC1=NCCCO1)C1CC1. The van der Waals surface area contributed by atoms with Crippen LogP contribution in [0.15, 0.2) is 4.99 Å². The second-order valence-electron chi connectivity index (χ2n) is 4.64. The van der Waals surface area contributed by atoms with E-state index in [9.17, 15) is 0 Å². The number of hydrogen-bond acceptors (Lipinski definition) is 3. The molecule has 14 heavy (non-hydrogen) atoms. The van der Waals surface area contributed by atoms with Crippen molar-refractivity contribution in [3.8, 4) is 0 Å². The van der Waals surface area contributed by atoms with Gasteiger partial charge >= 0.3 is 0 Å². The highest BCUT2D eigenvalue weighted by Crippen LogP contribution is 2.35. The molecule has 1 aliphatic carbocycles. The lowest BCUT2D eigenvalue weighted by Crippen LogP contribution is -2.42. The fourth-order valence-corrected chi connectivity index (χ4v) is 1.97. The van der Waals surface area contributed by atoms with Crippen LogP contribution in [-0.2, 0) is 4.74 Å². The van der Waals surface area contributed by atoms with Gasteiger partial charge < -0.3 is 10.1 Å². The molecule has 1 saturated carbocycles. The summed E-state index contributed by atoms with van der Waals surface area (Å²) in [7, 11) is 0. The molecule has 2 rings (SSSR count). The predicted molar refractivity (Wildman–Crippen MR) is 57.4 cm³/mol. The van der Waals surface area contributed by atoms with E-state index < -0.39 is 0 Å². The monoisotopic (exact) mass is 196 g/mol. The summed E-state index contributed by atoms with van der Waals surface area (Å²) in [5, 5.41) is 3.45. The Labute approximate surface area is 85.9 Å². The van der Waals surface area contributed by atoms with Crippen LogP contribution in [0.3, 0.4) is 0 Å². The summed E-state index contributed by atoms with van der Waals surface area (Å²) in [4.78, 5) is 4.35. The van der Waals surface area contributed by atoms with Crippen LogP contribution in [-0.4, -0.2) is 25.2 Å². The Kier molecular flexibility index (Phi) is 2.94. The number of aliphatic imine (C=N–C) groups is 1. The zero-order valence-corrected chi connectivity index (χ0v) is 9.12. The first-order valence-corrected chi connectivity index (χ1v) is 5.71. The second kappa shape index (κ2) is 4.20. The number of ether oxygens (including phenoxy) is 1. The van der Waals surface area contributed by atoms with Crippen molar-refractivity contribution in [2.75, 3.05) is 13.2 Å². The molecule has 80 valence electrons. The van der Waals surface area contributed by atoms with Gasteiger partial charge in [0, 0.05) is 19.0 Å². The molecule has 0 radical (unpaired) electrons. The zero-order valence-electron chi connectivity index (χ0n) is 9.12. The first-order valence-electron chi connectivity index (χ1n) is 5.71. The molecule has 3 nitrogen and oxygen atoms in total. The van der Waals surface area contributed by atoms with Crippen LogP contribution in [0.2, 0.25) is 0 Å². The fraction of sp³-hybridized carbons (Fsp3) is 0.909. The molecule has 1 N–H and O–H groups in total. The van der Waals surface area contributed by atoms with Crippen molar-refractivity contribution < 1.29 is 4.74 Å². The van der Waals surface area contributed by atoms with Crippen molar-refractivity contribution in [3.05, 3.63) is 0 Å². The van der Waals surface area contributed by atoms with Crippen molar-refractivity contribution in [2.45, 2.75) is 39.2 Å². The number of rotatable bonds is 3. The molecule has 3 heteroatoms. The van der Waals surface area contributed by atoms with E-state index in [1.165, 1.54) is 12.8 Å². The Bertz CT molecular complexity index is 219. The van der Waals surface area contributed by atoms with Crippen molar-refractivity contribution in [1.29, 1.82) is 0 Å². The first kappa shape index (κ1) is 9.81. The fourth-order valence-electron chi connectivity index (χ4n) is 1.97.